The first kappa shape index (κ1) is 10.9. The number of carbonyl (C=O) groups is 1. The van der Waals surface area contributed by atoms with Crippen LogP contribution in [0.5, 0.6) is 0 Å². The van der Waals surface area contributed by atoms with Gasteiger partial charge in [-0.1, -0.05) is 28.1 Å². The van der Waals surface area contributed by atoms with E-state index in [-0.39, 0.29) is 5.78 Å². The molecule has 1 aromatic rings. The Hall–Kier alpha value is -1.14. The summed E-state index contributed by atoms with van der Waals surface area (Å²) in [6.07, 6.45) is 1.40. The van der Waals surface area contributed by atoms with Crippen molar-refractivity contribution in [3.8, 4) is 6.07 Å². The summed E-state index contributed by atoms with van der Waals surface area (Å²) < 4.78 is 0. The van der Waals surface area contributed by atoms with Gasteiger partial charge in [0.2, 0.25) is 0 Å². The lowest BCUT2D eigenvalue weighted by molar-refractivity contribution is 0.0982. The van der Waals surface area contributed by atoms with E-state index in [1.807, 2.05) is 6.07 Å². The number of carbonyl (C=O) groups excluding carboxylic acids is 1. The Bertz CT molecular complexity index is 351. The van der Waals surface area contributed by atoms with Gasteiger partial charge in [-0.15, -0.1) is 0 Å². The zero-order valence-corrected chi connectivity index (χ0v) is 9.25. The SMILES string of the molecule is N#Cc1ccc(C(=O)CCCBr)cc1. The van der Waals surface area contributed by atoms with Gasteiger partial charge in [-0.25, -0.2) is 0 Å². The molecular formula is C11H10BrNO. The topological polar surface area (TPSA) is 40.9 Å². The lowest BCUT2D eigenvalue weighted by atomic mass is 10.1. The summed E-state index contributed by atoms with van der Waals surface area (Å²) in [6, 6.07) is 8.76. The first-order valence-electron chi connectivity index (χ1n) is 4.37. The molecule has 2 nitrogen and oxygen atoms in total. The van der Waals surface area contributed by atoms with Crippen LogP contribution in [0, 0.1) is 11.3 Å². The summed E-state index contributed by atoms with van der Waals surface area (Å²) in [7, 11) is 0. The number of hydrogen-bond acceptors (Lipinski definition) is 2. The van der Waals surface area contributed by atoms with Crippen LogP contribution in [0.25, 0.3) is 0 Å². The van der Waals surface area contributed by atoms with Crippen molar-refractivity contribution in [2.24, 2.45) is 0 Å². The molecule has 0 unspecified atom stereocenters. The van der Waals surface area contributed by atoms with Crippen LogP contribution in [-0.4, -0.2) is 11.1 Å². The van der Waals surface area contributed by atoms with Gasteiger partial charge in [0.15, 0.2) is 5.78 Å². The van der Waals surface area contributed by atoms with Crippen molar-refractivity contribution in [3.05, 3.63) is 35.4 Å². The fraction of sp³-hybridized carbons (Fsp3) is 0.273. The fourth-order valence-corrected chi connectivity index (χ4v) is 1.38. The molecule has 1 rings (SSSR count). The van der Waals surface area contributed by atoms with Crippen LogP contribution in [-0.2, 0) is 0 Å². The third kappa shape index (κ3) is 2.97. The van der Waals surface area contributed by atoms with Crippen LogP contribution in [0.15, 0.2) is 24.3 Å². The Morgan fingerprint density at radius 3 is 2.50 bits per heavy atom. The zero-order chi connectivity index (χ0) is 10.4. The van der Waals surface area contributed by atoms with Gasteiger partial charge in [0, 0.05) is 17.3 Å². The Morgan fingerprint density at radius 1 is 1.36 bits per heavy atom. The molecule has 14 heavy (non-hydrogen) atoms. The van der Waals surface area contributed by atoms with E-state index in [1.165, 1.54) is 0 Å². The van der Waals surface area contributed by atoms with Crippen molar-refractivity contribution >= 4 is 21.7 Å². The highest BCUT2D eigenvalue weighted by molar-refractivity contribution is 9.09. The highest BCUT2D eigenvalue weighted by Crippen LogP contribution is 2.08. The minimum Gasteiger partial charge on any atom is -0.294 e. The highest BCUT2D eigenvalue weighted by Gasteiger charge is 2.04. The fourth-order valence-electron chi connectivity index (χ4n) is 1.10. The van der Waals surface area contributed by atoms with E-state index in [1.54, 1.807) is 24.3 Å². The van der Waals surface area contributed by atoms with Crippen molar-refractivity contribution in [3.63, 3.8) is 0 Å². The number of nitrogens with zero attached hydrogens (tertiary/aromatic N) is 1. The van der Waals surface area contributed by atoms with Crippen molar-refractivity contribution in [1.29, 1.82) is 5.26 Å². The van der Waals surface area contributed by atoms with Crippen molar-refractivity contribution in [2.45, 2.75) is 12.8 Å². The summed E-state index contributed by atoms with van der Waals surface area (Å²) in [5.41, 5.74) is 1.27. The number of rotatable bonds is 4. The molecular weight excluding hydrogens is 242 g/mol. The Balaban J connectivity index is 2.68. The summed E-state index contributed by atoms with van der Waals surface area (Å²) in [5.74, 6) is 0.133. The molecule has 0 aliphatic heterocycles. The number of hydrogen-bond donors (Lipinski definition) is 0. The molecule has 0 radical (unpaired) electrons. The number of Topliss-reactive ketones (excluding diaryl/α,β-unsaturated/α-hetero) is 1. The van der Waals surface area contributed by atoms with E-state index >= 15 is 0 Å². The Labute approximate surface area is 91.7 Å². The maximum atomic E-state index is 11.5. The van der Waals surface area contributed by atoms with E-state index < -0.39 is 0 Å². The maximum Gasteiger partial charge on any atom is 0.162 e. The maximum absolute atomic E-state index is 11.5. The molecule has 0 saturated carbocycles. The Kier molecular flexibility index (Phi) is 4.34. The van der Waals surface area contributed by atoms with E-state index in [0.29, 0.717) is 17.5 Å². The summed E-state index contributed by atoms with van der Waals surface area (Å²) in [5, 5.41) is 9.41. The first-order chi connectivity index (χ1) is 6.77. The highest BCUT2D eigenvalue weighted by atomic mass is 79.9. The average Bonchev–Trinajstić information content (AvgIpc) is 2.26. The summed E-state index contributed by atoms with van der Waals surface area (Å²) in [6.45, 7) is 0. The van der Waals surface area contributed by atoms with E-state index in [9.17, 15) is 4.79 Å². The molecule has 72 valence electrons. The minimum atomic E-state index is 0.133. The summed E-state index contributed by atoms with van der Waals surface area (Å²) in [4.78, 5) is 11.5. The quantitative estimate of drug-likeness (QED) is 0.610. The first-order valence-corrected chi connectivity index (χ1v) is 5.49. The van der Waals surface area contributed by atoms with E-state index in [4.69, 9.17) is 5.26 Å². The number of benzene rings is 1. The zero-order valence-electron chi connectivity index (χ0n) is 7.66. The van der Waals surface area contributed by atoms with Gasteiger partial charge in [-0.3, -0.25) is 4.79 Å². The molecule has 0 N–H and O–H groups in total. The van der Waals surface area contributed by atoms with Crippen molar-refractivity contribution in [1.82, 2.24) is 0 Å². The third-order valence-electron chi connectivity index (χ3n) is 1.87. The Morgan fingerprint density at radius 2 is 2.00 bits per heavy atom. The molecule has 0 saturated heterocycles. The average molecular weight is 252 g/mol. The molecule has 1 aromatic carbocycles. The largest absolute Gasteiger partial charge is 0.294 e. The summed E-state index contributed by atoms with van der Waals surface area (Å²) >= 11 is 3.28. The normalized spacial score (nSPS) is 9.43. The molecule has 0 aromatic heterocycles. The lowest BCUT2D eigenvalue weighted by Gasteiger charge is -1.98. The molecule has 0 amide bonds. The second kappa shape index (κ2) is 5.56. The lowest BCUT2D eigenvalue weighted by Crippen LogP contribution is -1.98. The van der Waals surface area contributed by atoms with Crippen LogP contribution in [0.1, 0.15) is 28.8 Å². The standard InChI is InChI=1S/C11H10BrNO/c12-7-1-2-11(14)10-5-3-9(8-13)4-6-10/h3-6H,1-2,7H2. The predicted molar refractivity (Wildman–Crippen MR) is 58.5 cm³/mol. The van der Waals surface area contributed by atoms with E-state index in [0.717, 1.165) is 11.8 Å². The molecule has 0 heterocycles. The molecule has 0 bridgehead atoms. The molecule has 0 atom stereocenters. The molecule has 0 spiro atoms. The van der Waals surface area contributed by atoms with Crippen LogP contribution < -0.4 is 0 Å². The van der Waals surface area contributed by atoms with Crippen molar-refractivity contribution < 1.29 is 4.79 Å². The van der Waals surface area contributed by atoms with Gasteiger partial charge in [0.25, 0.3) is 0 Å². The van der Waals surface area contributed by atoms with Crippen LogP contribution in [0.3, 0.4) is 0 Å². The number of halogens is 1. The van der Waals surface area contributed by atoms with Crippen LogP contribution in [0.4, 0.5) is 0 Å². The smallest absolute Gasteiger partial charge is 0.162 e. The van der Waals surface area contributed by atoms with Gasteiger partial charge < -0.3 is 0 Å². The van der Waals surface area contributed by atoms with Crippen LogP contribution >= 0.6 is 15.9 Å². The van der Waals surface area contributed by atoms with Gasteiger partial charge in [-0.05, 0) is 18.6 Å². The second-order valence-electron chi connectivity index (χ2n) is 2.90. The number of nitriles is 1. The predicted octanol–water partition coefficient (Wildman–Crippen LogP) is 2.92. The van der Waals surface area contributed by atoms with Gasteiger partial charge in [0.1, 0.15) is 0 Å². The monoisotopic (exact) mass is 251 g/mol. The number of alkyl halides is 1. The molecule has 0 fully saturated rings. The van der Waals surface area contributed by atoms with E-state index in [2.05, 4.69) is 15.9 Å². The van der Waals surface area contributed by atoms with Gasteiger partial charge >= 0.3 is 0 Å². The van der Waals surface area contributed by atoms with Crippen molar-refractivity contribution in [2.75, 3.05) is 5.33 Å². The second-order valence-corrected chi connectivity index (χ2v) is 3.70. The minimum absolute atomic E-state index is 0.133. The molecule has 0 aliphatic carbocycles. The molecule has 0 aliphatic rings. The van der Waals surface area contributed by atoms with Gasteiger partial charge in [-0.2, -0.15) is 5.26 Å². The number of ketones is 1. The molecule has 3 heteroatoms. The van der Waals surface area contributed by atoms with Crippen LogP contribution in [0.2, 0.25) is 0 Å². The van der Waals surface area contributed by atoms with Gasteiger partial charge in [0.05, 0.1) is 11.6 Å². The third-order valence-corrected chi connectivity index (χ3v) is 2.43.